The standard InChI is InChI=1S/C20H20F4N6S/c1-12(27-10-16(26)11-30-5-4-18(29-30)20(22,23)24)31-17(8-25)13-2-3-14-9-28-19(21)7-15(14)6-13/h2-9,16,27H,1,10-11,25-26H2/b17-8-/t16-/m1/s1. The predicted octanol–water partition coefficient (Wildman–Crippen LogP) is 3.67. The zero-order valence-electron chi connectivity index (χ0n) is 16.2. The lowest BCUT2D eigenvalue weighted by molar-refractivity contribution is -0.141. The molecule has 2 heterocycles. The Morgan fingerprint density at radius 1 is 1.26 bits per heavy atom. The van der Waals surface area contributed by atoms with E-state index in [9.17, 15) is 17.6 Å². The molecule has 31 heavy (non-hydrogen) atoms. The fourth-order valence-corrected chi connectivity index (χ4v) is 3.52. The first-order valence-corrected chi connectivity index (χ1v) is 9.92. The topological polar surface area (TPSA) is 94.8 Å². The molecule has 0 aliphatic rings. The van der Waals surface area contributed by atoms with Crippen molar-refractivity contribution >= 4 is 27.4 Å². The Bertz CT molecular complexity index is 1110. The molecule has 0 saturated carbocycles. The first-order valence-electron chi connectivity index (χ1n) is 9.10. The third-order valence-corrected chi connectivity index (χ3v) is 5.25. The highest BCUT2D eigenvalue weighted by Crippen LogP contribution is 2.32. The van der Waals surface area contributed by atoms with Crippen LogP contribution in [0.4, 0.5) is 17.6 Å². The van der Waals surface area contributed by atoms with E-state index in [0.717, 1.165) is 21.7 Å². The Kier molecular flexibility index (Phi) is 6.86. The lowest BCUT2D eigenvalue weighted by Crippen LogP contribution is -2.36. The van der Waals surface area contributed by atoms with E-state index in [1.54, 1.807) is 6.07 Å². The van der Waals surface area contributed by atoms with Crippen LogP contribution in [0.3, 0.4) is 0 Å². The van der Waals surface area contributed by atoms with Crippen molar-refractivity contribution in [3.63, 3.8) is 0 Å². The molecule has 0 amide bonds. The van der Waals surface area contributed by atoms with E-state index in [1.165, 1.54) is 36.4 Å². The number of thioether (sulfide) groups is 1. The molecule has 0 fully saturated rings. The van der Waals surface area contributed by atoms with Crippen LogP contribution in [0.15, 0.2) is 60.5 Å². The van der Waals surface area contributed by atoms with Gasteiger partial charge in [0.15, 0.2) is 5.69 Å². The van der Waals surface area contributed by atoms with Gasteiger partial charge in [0.05, 0.1) is 11.6 Å². The molecule has 11 heteroatoms. The quantitative estimate of drug-likeness (QED) is 0.357. The van der Waals surface area contributed by atoms with Gasteiger partial charge < -0.3 is 16.8 Å². The Hall–Kier alpha value is -3.05. The van der Waals surface area contributed by atoms with Gasteiger partial charge in [0.25, 0.3) is 0 Å². The number of nitrogens with two attached hydrogens (primary N) is 2. The molecular formula is C20H20F4N6S. The average Bonchev–Trinajstić information content (AvgIpc) is 3.19. The van der Waals surface area contributed by atoms with E-state index in [-0.39, 0.29) is 13.1 Å². The van der Waals surface area contributed by atoms with Crippen LogP contribution in [0.5, 0.6) is 0 Å². The molecule has 0 bridgehead atoms. The number of hydrogen-bond donors (Lipinski definition) is 3. The van der Waals surface area contributed by atoms with Gasteiger partial charge in [-0.3, -0.25) is 4.68 Å². The molecule has 1 atom stereocenters. The summed E-state index contributed by atoms with van der Waals surface area (Å²) in [7, 11) is 0. The van der Waals surface area contributed by atoms with E-state index < -0.39 is 23.9 Å². The van der Waals surface area contributed by atoms with Crippen molar-refractivity contribution in [2.45, 2.75) is 18.8 Å². The van der Waals surface area contributed by atoms with Crippen molar-refractivity contribution in [3.05, 3.63) is 77.7 Å². The van der Waals surface area contributed by atoms with Gasteiger partial charge in [-0.2, -0.15) is 22.7 Å². The number of alkyl halides is 3. The molecule has 1 aromatic carbocycles. The van der Waals surface area contributed by atoms with Crippen LogP contribution in [-0.2, 0) is 12.7 Å². The lowest BCUT2D eigenvalue weighted by Gasteiger charge is -2.16. The molecule has 0 saturated heterocycles. The number of pyridine rings is 1. The minimum Gasteiger partial charge on any atom is -0.404 e. The smallest absolute Gasteiger partial charge is 0.404 e. The molecule has 3 aromatic rings. The Labute approximate surface area is 180 Å². The van der Waals surface area contributed by atoms with E-state index >= 15 is 0 Å². The maximum absolute atomic E-state index is 13.4. The molecule has 2 aromatic heterocycles. The van der Waals surface area contributed by atoms with E-state index in [2.05, 4.69) is 22.0 Å². The molecule has 0 spiro atoms. The summed E-state index contributed by atoms with van der Waals surface area (Å²) in [4.78, 5) is 4.31. The lowest BCUT2D eigenvalue weighted by atomic mass is 10.1. The van der Waals surface area contributed by atoms with Crippen LogP contribution >= 0.6 is 11.8 Å². The molecule has 0 radical (unpaired) electrons. The number of fused-ring (bicyclic) bond motifs is 1. The summed E-state index contributed by atoms with van der Waals surface area (Å²) in [6, 6.07) is 7.18. The number of nitrogens with one attached hydrogen (secondary N) is 1. The van der Waals surface area contributed by atoms with Gasteiger partial charge in [-0.25, -0.2) is 4.98 Å². The molecule has 3 rings (SSSR count). The molecular weight excluding hydrogens is 432 g/mol. The first-order chi connectivity index (χ1) is 14.7. The number of rotatable bonds is 8. The number of benzene rings is 1. The van der Waals surface area contributed by atoms with Crippen molar-refractivity contribution < 1.29 is 17.6 Å². The Balaban J connectivity index is 1.56. The second-order valence-corrected chi connectivity index (χ2v) is 7.82. The largest absolute Gasteiger partial charge is 0.435 e. The van der Waals surface area contributed by atoms with E-state index in [1.807, 2.05) is 12.1 Å². The van der Waals surface area contributed by atoms with Gasteiger partial charge in [0.1, 0.15) is 0 Å². The SMILES string of the molecule is C=C(NC[C@@H](N)Cn1ccc(C(F)(F)F)n1)S/C(=C\N)c1ccc2cnc(F)cc2c1. The number of aromatic nitrogens is 3. The third-order valence-electron chi connectivity index (χ3n) is 4.27. The Morgan fingerprint density at radius 3 is 2.71 bits per heavy atom. The van der Waals surface area contributed by atoms with E-state index in [0.29, 0.717) is 15.3 Å². The molecule has 0 aliphatic heterocycles. The van der Waals surface area contributed by atoms with Gasteiger partial charge >= 0.3 is 6.18 Å². The summed E-state index contributed by atoms with van der Waals surface area (Å²) < 4.78 is 52.4. The summed E-state index contributed by atoms with van der Waals surface area (Å²) in [5.41, 5.74) is 11.6. The monoisotopic (exact) mass is 452 g/mol. The molecule has 6 nitrogen and oxygen atoms in total. The molecule has 0 aliphatic carbocycles. The minimum absolute atomic E-state index is 0.102. The van der Waals surface area contributed by atoms with Crippen molar-refractivity contribution in [3.8, 4) is 0 Å². The van der Waals surface area contributed by atoms with Crippen molar-refractivity contribution in [2.24, 2.45) is 11.5 Å². The van der Waals surface area contributed by atoms with Gasteiger partial charge in [-0.15, -0.1) is 0 Å². The molecule has 164 valence electrons. The van der Waals surface area contributed by atoms with Crippen molar-refractivity contribution in [1.82, 2.24) is 20.1 Å². The highest BCUT2D eigenvalue weighted by atomic mass is 32.2. The van der Waals surface area contributed by atoms with Crippen LogP contribution in [0.2, 0.25) is 0 Å². The minimum atomic E-state index is -4.49. The third kappa shape index (κ3) is 5.98. The first kappa shape index (κ1) is 22.6. The summed E-state index contributed by atoms with van der Waals surface area (Å²) >= 11 is 1.26. The van der Waals surface area contributed by atoms with E-state index in [4.69, 9.17) is 11.5 Å². The van der Waals surface area contributed by atoms with Gasteiger partial charge in [-0.05, 0) is 23.1 Å². The summed E-state index contributed by atoms with van der Waals surface area (Å²) in [6.45, 7) is 4.28. The zero-order chi connectivity index (χ0) is 22.6. The summed E-state index contributed by atoms with van der Waals surface area (Å²) in [5.74, 6) is -0.574. The maximum atomic E-state index is 13.4. The van der Waals surface area contributed by atoms with Gasteiger partial charge in [0.2, 0.25) is 5.95 Å². The Morgan fingerprint density at radius 2 is 2.03 bits per heavy atom. The average molecular weight is 452 g/mol. The highest BCUT2D eigenvalue weighted by molar-refractivity contribution is 8.11. The van der Waals surface area contributed by atoms with Crippen LogP contribution in [0.25, 0.3) is 15.7 Å². The maximum Gasteiger partial charge on any atom is 0.435 e. The highest BCUT2D eigenvalue weighted by Gasteiger charge is 2.33. The summed E-state index contributed by atoms with van der Waals surface area (Å²) in [6.07, 6.45) is -0.390. The van der Waals surface area contributed by atoms with Crippen LogP contribution < -0.4 is 16.8 Å². The fraction of sp³-hybridized carbons (Fsp3) is 0.200. The molecule has 5 N–H and O–H groups in total. The van der Waals surface area contributed by atoms with Crippen LogP contribution in [0.1, 0.15) is 11.3 Å². The number of halogens is 4. The van der Waals surface area contributed by atoms with Crippen LogP contribution in [-0.4, -0.2) is 27.4 Å². The number of hydrogen-bond acceptors (Lipinski definition) is 6. The normalized spacial score (nSPS) is 13.4. The fourth-order valence-electron chi connectivity index (χ4n) is 2.79. The summed E-state index contributed by atoms with van der Waals surface area (Å²) in [5, 5.41) is 8.54. The second kappa shape index (κ2) is 9.40. The second-order valence-electron chi connectivity index (χ2n) is 6.69. The zero-order valence-corrected chi connectivity index (χ0v) is 17.1. The van der Waals surface area contributed by atoms with Crippen molar-refractivity contribution in [1.29, 1.82) is 0 Å². The van der Waals surface area contributed by atoms with Crippen LogP contribution in [0, 0.1) is 5.95 Å². The molecule has 0 unspecified atom stereocenters. The van der Waals surface area contributed by atoms with Gasteiger partial charge in [-0.1, -0.05) is 30.5 Å². The predicted molar refractivity (Wildman–Crippen MR) is 114 cm³/mol. The number of nitrogens with zero attached hydrogens (tertiary/aromatic N) is 3. The van der Waals surface area contributed by atoms with Gasteiger partial charge in [0, 0.05) is 47.5 Å². The van der Waals surface area contributed by atoms with Crippen molar-refractivity contribution in [2.75, 3.05) is 6.54 Å².